The standard InChI is InChI=1S/C23H27N3O2/c1-23(2,3)18-10-8-17(9-11-18)22-24-19-6-4-5-7-20(19)26(22)16-21(27)25-12-14-28-15-13-25/h4-11H,12-16H2,1-3H3. The van der Waals surface area contributed by atoms with Crippen LogP contribution in [0.3, 0.4) is 0 Å². The van der Waals surface area contributed by atoms with Gasteiger partial charge in [0.1, 0.15) is 12.4 Å². The minimum Gasteiger partial charge on any atom is -0.378 e. The van der Waals surface area contributed by atoms with Crippen LogP contribution in [0.2, 0.25) is 0 Å². The fourth-order valence-electron chi connectivity index (χ4n) is 3.62. The van der Waals surface area contributed by atoms with Crippen molar-refractivity contribution in [3.63, 3.8) is 0 Å². The monoisotopic (exact) mass is 377 g/mol. The van der Waals surface area contributed by atoms with E-state index in [1.54, 1.807) is 0 Å². The Hall–Kier alpha value is -2.66. The Bertz CT molecular complexity index is 977. The van der Waals surface area contributed by atoms with Gasteiger partial charge in [-0.25, -0.2) is 4.98 Å². The first-order valence-corrected chi connectivity index (χ1v) is 9.85. The van der Waals surface area contributed by atoms with Crippen LogP contribution in [0.5, 0.6) is 0 Å². The Morgan fingerprint density at radius 2 is 1.71 bits per heavy atom. The highest BCUT2D eigenvalue weighted by atomic mass is 16.5. The summed E-state index contributed by atoms with van der Waals surface area (Å²) < 4.78 is 7.41. The quantitative estimate of drug-likeness (QED) is 0.696. The average molecular weight is 377 g/mol. The Labute approximate surface area is 165 Å². The minimum absolute atomic E-state index is 0.102. The molecule has 0 spiro atoms. The van der Waals surface area contributed by atoms with Gasteiger partial charge in [0, 0.05) is 18.7 Å². The minimum atomic E-state index is 0.102. The fraction of sp³-hybridized carbons (Fsp3) is 0.391. The number of carbonyl (C=O) groups excluding carboxylic acids is 1. The topological polar surface area (TPSA) is 47.4 Å². The summed E-state index contributed by atoms with van der Waals surface area (Å²) in [6.07, 6.45) is 0. The lowest BCUT2D eigenvalue weighted by Gasteiger charge is -2.27. The van der Waals surface area contributed by atoms with Crippen molar-refractivity contribution in [1.29, 1.82) is 0 Å². The molecule has 3 aromatic rings. The number of ether oxygens (including phenoxy) is 1. The second-order valence-electron chi connectivity index (χ2n) is 8.33. The Balaban J connectivity index is 1.72. The summed E-state index contributed by atoms with van der Waals surface area (Å²) in [6, 6.07) is 16.5. The van der Waals surface area contributed by atoms with Crippen LogP contribution in [-0.2, 0) is 21.5 Å². The van der Waals surface area contributed by atoms with Crippen molar-refractivity contribution in [2.75, 3.05) is 26.3 Å². The Morgan fingerprint density at radius 1 is 1.04 bits per heavy atom. The van der Waals surface area contributed by atoms with Crippen LogP contribution < -0.4 is 0 Å². The highest BCUT2D eigenvalue weighted by Crippen LogP contribution is 2.28. The first kappa shape index (κ1) is 18.7. The van der Waals surface area contributed by atoms with Gasteiger partial charge in [-0.05, 0) is 23.1 Å². The van der Waals surface area contributed by atoms with Crippen molar-refractivity contribution in [3.05, 3.63) is 54.1 Å². The molecule has 1 aromatic heterocycles. The number of fused-ring (bicyclic) bond motifs is 1. The molecule has 2 aromatic carbocycles. The molecule has 1 fully saturated rings. The average Bonchev–Trinajstić information content (AvgIpc) is 3.06. The number of hydrogen-bond acceptors (Lipinski definition) is 3. The molecular weight excluding hydrogens is 350 g/mol. The number of nitrogens with zero attached hydrogens (tertiary/aromatic N) is 3. The molecule has 1 aliphatic heterocycles. The predicted octanol–water partition coefficient (Wildman–Crippen LogP) is 3.86. The first-order chi connectivity index (χ1) is 13.4. The van der Waals surface area contributed by atoms with E-state index < -0.39 is 0 Å². The summed E-state index contributed by atoms with van der Waals surface area (Å²) in [5.74, 6) is 0.947. The molecule has 28 heavy (non-hydrogen) atoms. The van der Waals surface area contributed by atoms with Gasteiger partial charge in [0.2, 0.25) is 5.91 Å². The number of aromatic nitrogens is 2. The molecule has 0 saturated carbocycles. The smallest absolute Gasteiger partial charge is 0.242 e. The summed E-state index contributed by atoms with van der Waals surface area (Å²) in [6.45, 7) is 9.43. The molecule has 1 amide bonds. The van der Waals surface area contributed by atoms with Crippen LogP contribution in [0, 0.1) is 0 Å². The zero-order valence-electron chi connectivity index (χ0n) is 16.8. The van der Waals surface area contributed by atoms with Gasteiger partial charge in [0.25, 0.3) is 0 Å². The third kappa shape index (κ3) is 3.67. The Morgan fingerprint density at radius 3 is 2.39 bits per heavy atom. The summed E-state index contributed by atoms with van der Waals surface area (Å²) in [5, 5.41) is 0. The molecule has 0 aliphatic carbocycles. The van der Waals surface area contributed by atoms with Crippen LogP contribution in [0.1, 0.15) is 26.3 Å². The van der Waals surface area contributed by atoms with E-state index in [2.05, 4.69) is 45.0 Å². The second-order valence-corrected chi connectivity index (χ2v) is 8.33. The van der Waals surface area contributed by atoms with Gasteiger partial charge >= 0.3 is 0 Å². The molecule has 5 nitrogen and oxygen atoms in total. The highest BCUT2D eigenvalue weighted by Gasteiger charge is 2.21. The number of rotatable bonds is 3. The third-order valence-corrected chi connectivity index (χ3v) is 5.32. The van der Waals surface area contributed by atoms with E-state index in [-0.39, 0.29) is 17.9 Å². The van der Waals surface area contributed by atoms with E-state index in [4.69, 9.17) is 9.72 Å². The SMILES string of the molecule is CC(C)(C)c1ccc(-c2nc3ccccc3n2CC(=O)N2CCOCC2)cc1. The summed E-state index contributed by atoms with van der Waals surface area (Å²) in [4.78, 5) is 19.6. The van der Waals surface area contributed by atoms with Crippen LogP contribution in [0.25, 0.3) is 22.4 Å². The fourth-order valence-corrected chi connectivity index (χ4v) is 3.62. The lowest BCUT2D eigenvalue weighted by Crippen LogP contribution is -2.42. The molecule has 5 heteroatoms. The maximum absolute atomic E-state index is 12.9. The maximum Gasteiger partial charge on any atom is 0.242 e. The number of imidazole rings is 1. The molecule has 1 saturated heterocycles. The van der Waals surface area contributed by atoms with Gasteiger partial charge in [-0.2, -0.15) is 0 Å². The summed E-state index contributed by atoms with van der Waals surface area (Å²) in [7, 11) is 0. The number of amides is 1. The molecular formula is C23H27N3O2. The number of hydrogen-bond donors (Lipinski definition) is 0. The van der Waals surface area contributed by atoms with Crippen molar-refractivity contribution in [1.82, 2.24) is 14.5 Å². The summed E-state index contributed by atoms with van der Waals surface area (Å²) >= 11 is 0. The van der Waals surface area contributed by atoms with Crippen molar-refractivity contribution in [3.8, 4) is 11.4 Å². The second kappa shape index (κ2) is 7.40. The first-order valence-electron chi connectivity index (χ1n) is 9.85. The number of morpholine rings is 1. The number of carbonyl (C=O) groups is 1. The van der Waals surface area contributed by atoms with Crippen LogP contribution in [-0.4, -0.2) is 46.7 Å². The predicted molar refractivity (Wildman–Crippen MR) is 111 cm³/mol. The molecule has 1 aliphatic rings. The largest absolute Gasteiger partial charge is 0.378 e. The maximum atomic E-state index is 12.9. The van der Waals surface area contributed by atoms with E-state index in [1.807, 2.05) is 33.7 Å². The molecule has 0 atom stereocenters. The number of para-hydroxylation sites is 2. The highest BCUT2D eigenvalue weighted by molar-refractivity contribution is 5.84. The van der Waals surface area contributed by atoms with E-state index in [1.165, 1.54) is 5.56 Å². The number of benzene rings is 2. The van der Waals surface area contributed by atoms with E-state index in [0.29, 0.717) is 26.3 Å². The lowest BCUT2D eigenvalue weighted by atomic mass is 9.87. The van der Waals surface area contributed by atoms with Crippen LogP contribution >= 0.6 is 0 Å². The van der Waals surface area contributed by atoms with Gasteiger partial charge in [-0.3, -0.25) is 4.79 Å². The normalized spacial score (nSPS) is 15.2. The zero-order chi connectivity index (χ0) is 19.7. The molecule has 2 heterocycles. The van der Waals surface area contributed by atoms with Crippen molar-refractivity contribution in [2.24, 2.45) is 0 Å². The van der Waals surface area contributed by atoms with Gasteiger partial charge in [0.15, 0.2) is 0 Å². The third-order valence-electron chi connectivity index (χ3n) is 5.32. The van der Waals surface area contributed by atoms with E-state index in [9.17, 15) is 4.79 Å². The zero-order valence-corrected chi connectivity index (χ0v) is 16.8. The van der Waals surface area contributed by atoms with Crippen molar-refractivity contribution in [2.45, 2.75) is 32.7 Å². The van der Waals surface area contributed by atoms with Gasteiger partial charge in [0.05, 0.1) is 24.2 Å². The molecule has 4 rings (SSSR count). The molecule has 0 N–H and O–H groups in total. The van der Waals surface area contributed by atoms with Crippen LogP contribution in [0.15, 0.2) is 48.5 Å². The molecule has 0 unspecified atom stereocenters. The van der Waals surface area contributed by atoms with Crippen LogP contribution in [0.4, 0.5) is 0 Å². The van der Waals surface area contributed by atoms with Crippen molar-refractivity contribution < 1.29 is 9.53 Å². The molecule has 0 radical (unpaired) electrons. The van der Waals surface area contributed by atoms with E-state index in [0.717, 1.165) is 22.4 Å². The van der Waals surface area contributed by atoms with Gasteiger partial charge in [-0.15, -0.1) is 0 Å². The molecule has 0 bridgehead atoms. The molecule has 146 valence electrons. The van der Waals surface area contributed by atoms with Gasteiger partial charge < -0.3 is 14.2 Å². The van der Waals surface area contributed by atoms with E-state index >= 15 is 0 Å². The van der Waals surface area contributed by atoms with Gasteiger partial charge in [-0.1, -0.05) is 57.2 Å². The lowest BCUT2D eigenvalue weighted by molar-refractivity contribution is -0.135. The van der Waals surface area contributed by atoms with Crippen molar-refractivity contribution >= 4 is 16.9 Å². The summed E-state index contributed by atoms with van der Waals surface area (Å²) in [5.41, 5.74) is 4.30. The Kier molecular flexibility index (Phi) is 4.94.